The molecule has 0 spiro atoms. The molecule has 2 heteroatoms. The van der Waals surface area contributed by atoms with Crippen LogP contribution in [0.25, 0.3) is 38.6 Å². The van der Waals surface area contributed by atoms with Crippen molar-refractivity contribution in [3.8, 4) is 16.8 Å². The average molecular weight is 320 g/mol. The lowest BCUT2D eigenvalue weighted by Crippen LogP contribution is -1.92. The molecule has 25 heavy (non-hydrogen) atoms. The molecule has 3 aromatic carbocycles. The highest BCUT2D eigenvalue weighted by Crippen LogP contribution is 2.34. The zero-order valence-corrected chi connectivity index (χ0v) is 13.6. The van der Waals surface area contributed by atoms with Crippen molar-refractivity contribution in [3.05, 3.63) is 97.3 Å². The molecule has 2 heterocycles. The highest BCUT2D eigenvalue weighted by molar-refractivity contribution is 6.10. The van der Waals surface area contributed by atoms with E-state index in [1.54, 1.807) is 0 Å². The Bertz CT molecular complexity index is 1170. The van der Waals surface area contributed by atoms with E-state index in [4.69, 9.17) is 0 Å². The van der Waals surface area contributed by atoms with Gasteiger partial charge in [0.15, 0.2) is 0 Å². The van der Waals surface area contributed by atoms with E-state index in [2.05, 4.69) is 88.4 Å². The fourth-order valence-corrected chi connectivity index (χ4v) is 3.54. The number of hydrogen-bond donors (Lipinski definition) is 0. The van der Waals surface area contributed by atoms with Crippen molar-refractivity contribution >= 4 is 21.8 Å². The first-order valence-electron chi connectivity index (χ1n) is 8.41. The van der Waals surface area contributed by atoms with Gasteiger partial charge in [-0.2, -0.15) is 0 Å². The number of pyridine rings is 1. The molecule has 118 valence electrons. The van der Waals surface area contributed by atoms with E-state index in [0.717, 1.165) is 5.56 Å². The first-order valence-corrected chi connectivity index (χ1v) is 8.41. The molecule has 0 unspecified atom stereocenters. The standard InChI is InChI=1S/C23H16N2/c1-2-8-19(9-3-1)25-22-11-5-4-10-20(22)21-15-17(12-13-23(21)25)18-7-6-14-24-16-18/h1-16H. The molecule has 0 fully saturated rings. The summed E-state index contributed by atoms with van der Waals surface area (Å²) in [5.41, 5.74) is 5.97. The van der Waals surface area contributed by atoms with E-state index in [0.29, 0.717) is 0 Å². The molecule has 0 saturated carbocycles. The maximum Gasteiger partial charge on any atom is 0.0541 e. The summed E-state index contributed by atoms with van der Waals surface area (Å²) in [5.74, 6) is 0. The van der Waals surface area contributed by atoms with Crippen molar-refractivity contribution in [2.24, 2.45) is 0 Å². The molecule has 5 aromatic rings. The Kier molecular flexibility index (Phi) is 3.14. The van der Waals surface area contributed by atoms with E-state index >= 15 is 0 Å². The third-order valence-electron chi connectivity index (χ3n) is 4.68. The molecule has 0 aliphatic carbocycles. The second kappa shape index (κ2) is 5.60. The molecule has 2 aromatic heterocycles. The normalized spacial score (nSPS) is 11.2. The second-order valence-electron chi connectivity index (χ2n) is 6.16. The van der Waals surface area contributed by atoms with Gasteiger partial charge in [-0.05, 0) is 42.0 Å². The van der Waals surface area contributed by atoms with Crippen molar-refractivity contribution in [2.45, 2.75) is 0 Å². The van der Waals surface area contributed by atoms with E-state index in [1.165, 1.54) is 33.1 Å². The van der Waals surface area contributed by atoms with Crippen LogP contribution in [0.5, 0.6) is 0 Å². The summed E-state index contributed by atoms with van der Waals surface area (Å²) in [5, 5.41) is 2.54. The molecule has 0 atom stereocenters. The van der Waals surface area contributed by atoms with Crippen molar-refractivity contribution < 1.29 is 0 Å². The molecule has 0 aliphatic rings. The van der Waals surface area contributed by atoms with E-state index in [9.17, 15) is 0 Å². The lowest BCUT2D eigenvalue weighted by molar-refractivity contribution is 1.18. The van der Waals surface area contributed by atoms with Gasteiger partial charge in [0.1, 0.15) is 0 Å². The monoisotopic (exact) mass is 320 g/mol. The molecule has 0 radical (unpaired) electrons. The topological polar surface area (TPSA) is 17.8 Å². The van der Waals surface area contributed by atoms with Crippen LogP contribution in [-0.2, 0) is 0 Å². The summed E-state index contributed by atoms with van der Waals surface area (Å²) in [4.78, 5) is 4.25. The smallest absolute Gasteiger partial charge is 0.0541 e. The Balaban J connectivity index is 1.86. The summed E-state index contributed by atoms with van der Waals surface area (Å²) in [7, 11) is 0. The molecular formula is C23H16N2. The van der Waals surface area contributed by atoms with Crippen LogP contribution in [-0.4, -0.2) is 9.55 Å². The van der Waals surface area contributed by atoms with Gasteiger partial charge >= 0.3 is 0 Å². The lowest BCUT2D eigenvalue weighted by Gasteiger charge is -2.08. The first-order chi connectivity index (χ1) is 12.4. The Morgan fingerprint density at radius 2 is 1.40 bits per heavy atom. The molecule has 0 aliphatic heterocycles. The number of hydrogen-bond acceptors (Lipinski definition) is 1. The van der Waals surface area contributed by atoms with Gasteiger partial charge in [0.05, 0.1) is 11.0 Å². The van der Waals surface area contributed by atoms with Gasteiger partial charge in [0.25, 0.3) is 0 Å². The molecule has 0 N–H and O–H groups in total. The number of para-hydroxylation sites is 2. The van der Waals surface area contributed by atoms with Crippen molar-refractivity contribution in [2.75, 3.05) is 0 Å². The summed E-state index contributed by atoms with van der Waals surface area (Å²) in [6.45, 7) is 0. The van der Waals surface area contributed by atoms with Crippen LogP contribution < -0.4 is 0 Å². The molecule has 0 amide bonds. The number of nitrogens with zero attached hydrogens (tertiary/aromatic N) is 2. The molecule has 5 rings (SSSR count). The average Bonchev–Trinajstić information content (AvgIpc) is 3.03. The minimum atomic E-state index is 1.14. The number of aromatic nitrogens is 2. The largest absolute Gasteiger partial charge is 0.309 e. The van der Waals surface area contributed by atoms with Crippen LogP contribution in [0.2, 0.25) is 0 Å². The van der Waals surface area contributed by atoms with Crippen LogP contribution >= 0.6 is 0 Å². The summed E-state index contributed by atoms with van der Waals surface area (Å²) < 4.78 is 2.33. The quantitative estimate of drug-likeness (QED) is 0.399. The van der Waals surface area contributed by atoms with Gasteiger partial charge in [0.2, 0.25) is 0 Å². The van der Waals surface area contributed by atoms with Crippen LogP contribution in [0.4, 0.5) is 0 Å². The fourth-order valence-electron chi connectivity index (χ4n) is 3.54. The minimum Gasteiger partial charge on any atom is -0.309 e. The SMILES string of the molecule is c1ccc(-n2c3ccccc3c3cc(-c4cccnc4)ccc32)cc1. The van der Waals surface area contributed by atoms with Gasteiger partial charge in [-0.25, -0.2) is 0 Å². The second-order valence-corrected chi connectivity index (χ2v) is 6.16. The predicted octanol–water partition coefficient (Wildman–Crippen LogP) is 5.85. The van der Waals surface area contributed by atoms with Crippen LogP contribution in [0, 0.1) is 0 Å². The third kappa shape index (κ3) is 2.23. The van der Waals surface area contributed by atoms with Crippen LogP contribution in [0.1, 0.15) is 0 Å². The zero-order valence-electron chi connectivity index (χ0n) is 13.6. The maximum absolute atomic E-state index is 4.25. The predicted molar refractivity (Wildman–Crippen MR) is 104 cm³/mol. The number of benzene rings is 3. The summed E-state index contributed by atoms with van der Waals surface area (Å²) >= 11 is 0. The Labute approximate surface area is 146 Å². The maximum atomic E-state index is 4.25. The minimum absolute atomic E-state index is 1.14. The third-order valence-corrected chi connectivity index (χ3v) is 4.68. The van der Waals surface area contributed by atoms with Crippen LogP contribution in [0.15, 0.2) is 97.3 Å². The van der Waals surface area contributed by atoms with Gasteiger partial charge in [-0.3, -0.25) is 4.98 Å². The Morgan fingerprint density at radius 1 is 0.600 bits per heavy atom. The van der Waals surface area contributed by atoms with Crippen molar-refractivity contribution in [1.29, 1.82) is 0 Å². The van der Waals surface area contributed by atoms with Crippen LogP contribution in [0.3, 0.4) is 0 Å². The van der Waals surface area contributed by atoms with Gasteiger partial charge in [0, 0.05) is 34.4 Å². The van der Waals surface area contributed by atoms with Gasteiger partial charge < -0.3 is 4.57 Å². The van der Waals surface area contributed by atoms with Gasteiger partial charge in [-0.15, -0.1) is 0 Å². The van der Waals surface area contributed by atoms with Crippen molar-refractivity contribution in [3.63, 3.8) is 0 Å². The molecule has 0 saturated heterocycles. The fraction of sp³-hybridized carbons (Fsp3) is 0. The summed E-state index contributed by atoms with van der Waals surface area (Å²) in [6.07, 6.45) is 3.72. The summed E-state index contributed by atoms with van der Waals surface area (Å²) in [6, 6.07) is 29.9. The zero-order chi connectivity index (χ0) is 16.6. The first kappa shape index (κ1) is 14.0. The van der Waals surface area contributed by atoms with E-state index in [1.807, 2.05) is 18.5 Å². The Morgan fingerprint density at radius 3 is 2.24 bits per heavy atom. The van der Waals surface area contributed by atoms with Gasteiger partial charge in [-0.1, -0.05) is 48.5 Å². The Hall–Kier alpha value is -3.39. The highest BCUT2D eigenvalue weighted by Gasteiger charge is 2.12. The lowest BCUT2D eigenvalue weighted by atomic mass is 10.0. The number of rotatable bonds is 2. The number of fused-ring (bicyclic) bond motifs is 3. The van der Waals surface area contributed by atoms with E-state index in [-0.39, 0.29) is 0 Å². The highest BCUT2D eigenvalue weighted by atomic mass is 15.0. The molecule has 0 bridgehead atoms. The van der Waals surface area contributed by atoms with Crippen molar-refractivity contribution in [1.82, 2.24) is 9.55 Å². The molecular weight excluding hydrogens is 304 g/mol. The molecule has 2 nitrogen and oxygen atoms in total. The van der Waals surface area contributed by atoms with E-state index < -0.39 is 0 Å².